The van der Waals surface area contributed by atoms with Crippen LogP contribution < -0.4 is 9.46 Å². The van der Waals surface area contributed by atoms with Gasteiger partial charge < -0.3 is 4.74 Å². The zero-order chi connectivity index (χ0) is 17.9. The van der Waals surface area contributed by atoms with Gasteiger partial charge in [-0.25, -0.2) is 17.2 Å². The Bertz CT molecular complexity index is 845. The molecular formula is C15H15BrF2N2O3S. The number of nitrogens with one attached hydrogen (secondary N) is 1. The molecule has 0 unspecified atom stereocenters. The molecule has 9 heteroatoms. The highest BCUT2D eigenvalue weighted by molar-refractivity contribution is 9.10. The Morgan fingerprint density at radius 2 is 2.00 bits per heavy atom. The van der Waals surface area contributed by atoms with Crippen molar-refractivity contribution < 1.29 is 21.9 Å². The third kappa shape index (κ3) is 4.88. The first-order valence-electron chi connectivity index (χ1n) is 6.80. The van der Waals surface area contributed by atoms with E-state index < -0.39 is 23.1 Å². The molecule has 0 saturated carbocycles. The molecule has 0 radical (unpaired) electrons. The molecule has 1 aromatic carbocycles. The third-order valence-corrected chi connectivity index (χ3v) is 4.20. The number of anilines is 1. The molecule has 2 rings (SSSR count). The van der Waals surface area contributed by atoms with Crippen molar-refractivity contribution in [1.82, 2.24) is 4.98 Å². The number of halogens is 3. The van der Waals surface area contributed by atoms with Crippen molar-refractivity contribution in [3.8, 4) is 16.9 Å². The summed E-state index contributed by atoms with van der Waals surface area (Å²) in [5.41, 5.74) is 2.39. The number of ether oxygens (including phenoxy) is 1. The number of nitrogens with zero attached hydrogens (tertiary/aromatic N) is 1. The van der Waals surface area contributed by atoms with Gasteiger partial charge in [0.05, 0.1) is 10.7 Å². The topological polar surface area (TPSA) is 68.3 Å². The van der Waals surface area contributed by atoms with E-state index in [-0.39, 0.29) is 5.75 Å². The largest absolute Gasteiger partial charge is 0.486 e. The van der Waals surface area contributed by atoms with Crippen LogP contribution in [0.5, 0.6) is 5.75 Å². The van der Waals surface area contributed by atoms with E-state index in [4.69, 9.17) is 4.74 Å². The van der Waals surface area contributed by atoms with Gasteiger partial charge in [-0.15, -0.1) is 0 Å². The van der Waals surface area contributed by atoms with E-state index in [1.165, 1.54) is 12.4 Å². The number of sulfonamides is 1. The summed E-state index contributed by atoms with van der Waals surface area (Å²) in [4.78, 5) is 4.05. The minimum Gasteiger partial charge on any atom is -0.486 e. The first-order valence-corrected chi connectivity index (χ1v) is 9.49. The Morgan fingerprint density at radius 1 is 1.29 bits per heavy atom. The van der Waals surface area contributed by atoms with E-state index in [0.29, 0.717) is 21.3 Å². The van der Waals surface area contributed by atoms with E-state index in [9.17, 15) is 17.2 Å². The van der Waals surface area contributed by atoms with Crippen molar-refractivity contribution in [3.63, 3.8) is 0 Å². The third-order valence-electron chi connectivity index (χ3n) is 3.03. The number of alkyl halides is 2. The second-order valence-electron chi connectivity index (χ2n) is 5.10. The van der Waals surface area contributed by atoms with Crippen molar-refractivity contribution in [2.45, 2.75) is 13.3 Å². The SMILES string of the molecule is Cc1cc(NS(C)(=O)=O)ccc1-c1cncc(Br)c1OCC(F)F. The standard InChI is InChI=1S/C15H15BrF2N2O3S/c1-9-5-10(20-24(2,21)22)3-4-11(9)12-6-19-7-13(16)15(12)23-8-14(17)18/h3-7,14,20H,8H2,1-2H3. The molecule has 0 aliphatic rings. The Labute approximate surface area is 147 Å². The van der Waals surface area contributed by atoms with E-state index in [2.05, 4.69) is 25.6 Å². The number of aromatic nitrogens is 1. The lowest BCUT2D eigenvalue weighted by Crippen LogP contribution is -2.10. The smallest absolute Gasteiger partial charge is 0.272 e. The maximum absolute atomic E-state index is 12.5. The predicted molar refractivity (Wildman–Crippen MR) is 92.1 cm³/mol. The van der Waals surface area contributed by atoms with Crippen molar-refractivity contribution in [2.75, 3.05) is 17.6 Å². The molecule has 0 aliphatic carbocycles. The highest BCUT2D eigenvalue weighted by atomic mass is 79.9. The van der Waals surface area contributed by atoms with Crippen molar-refractivity contribution in [2.24, 2.45) is 0 Å². The molecule has 0 amide bonds. The van der Waals surface area contributed by atoms with Gasteiger partial charge >= 0.3 is 0 Å². The van der Waals surface area contributed by atoms with Crippen LogP contribution in [0.1, 0.15) is 5.56 Å². The molecule has 0 aliphatic heterocycles. The number of benzene rings is 1. The van der Waals surface area contributed by atoms with E-state index in [1.54, 1.807) is 25.1 Å². The zero-order valence-corrected chi connectivity index (χ0v) is 15.3. The number of hydrogen-bond donors (Lipinski definition) is 1. The number of aryl methyl sites for hydroxylation is 1. The second-order valence-corrected chi connectivity index (χ2v) is 7.71. The van der Waals surface area contributed by atoms with Crippen LogP contribution in [-0.2, 0) is 10.0 Å². The minimum absolute atomic E-state index is 0.261. The highest BCUT2D eigenvalue weighted by Gasteiger charge is 2.15. The molecule has 130 valence electrons. The molecule has 0 spiro atoms. The van der Waals surface area contributed by atoms with Crippen LogP contribution >= 0.6 is 15.9 Å². The fourth-order valence-electron chi connectivity index (χ4n) is 2.15. The fourth-order valence-corrected chi connectivity index (χ4v) is 3.15. The fraction of sp³-hybridized carbons (Fsp3) is 0.267. The number of hydrogen-bond acceptors (Lipinski definition) is 4. The van der Waals surface area contributed by atoms with Gasteiger partial charge in [0.1, 0.15) is 12.4 Å². The molecule has 0 saturated heterocycles. The molecule has 24 heavy (non-hydrogen) atoms. The molecule has 1 N–H and O–H groups in total. The molecule has 0 fully saturated rings. The van der Waals surface area contributed by atoms with Gasteiger partial charge in [0.25, 0.3) is 6.43 Å². The summed E-state index contributed by atoms with van der Waals surface area (Å²) in [6.07, 6.45) is 1.43. The van der Waals surface area contributed by atoms with Gasteiger partial charge in [-0.2, -0.15) is 0 Å². The highest BCUT2D eigenvalue weighted by Crippen LogP contribution is 2.37. The lowest BCUT2D eigenvalue weighted by Gasteiger charge is -2.15. The average molecular weight is 421 g/mol. The van der Waals surface area contributed by atoms with Crippen LogP contribution in [0.4, 0.5) is 14.5 Å². The van der Waals surface area contributed by atoms with Gasteiger partial charge in [0, 0.05) is 23.6 Å². The monoisotopic (exact) mass is 420 g/mol. The van der Waals surface area contributed by atoms with E-state index in [1.807, 2.05) is 0 Å². The van der Waals surface area contributed by atoms with Gasteiger partial charge in [-0.05, 0) is 46.1 Å². The quantitative estimate of drug-likeness (QED) is 0.770. The van der Waals surface area contributed by atoms with Crippen LogP contribution in [0.3, 0.4) is 0 Å². The lowest BCUT2D eigenvalue weighted by molar-refractivity contribution is 0.0818. The first kappa shape index (κ1) is 18.6. The average Bonchev–Trinajstić information content (AvgIpc) is 2.44. The normalized spacial score (nSPS) is 11.6. The van der Waals surface area contributed by atoms with Crippen molar-refractivity contribution >= 4 is 31.6 Å². The second kappa shape index (κ2) is 7.43. The van der Waals surface area contributed by atoms with Gasteiger partial charge in [-0.3, -0.25) is 9.71 Å². The molecule has 5 nitrogen and oxygen atoms in total. The molecule has 1 heterocycles. The van der Waals surface area contributed by atoms with Crippen molar-refractivity contribution in [3.05, 3.63) is 40.6 Å². The minimum atomic E-state index is -3.38. The van der Waals surface area contributed by atoms with Crippen LogP contribution in [0.25, 0.3) is 11.1 Å². The van der Waals surface area contributed by atoms with Crippen LogP contribution in [-0.4, -0.2) is 32.7 Å². The molecule has 0 atom stereocenters. The summed E-state index contributed by atoms with van der Waals surface area (Å²) in [5, 5.41) is 0. The number of pyridine rings is 1. The van der Waals surface area contributed by atoms with Gasteiger partial charge in [-0.1, -0.05) is 6.07 Å². The van der Waals surface area contributed by atoms with Crippen LogP contribution in [0.2, 0.25) is 0 Å². The Balaban J connectivity index is 2.43. The van der Waals surface area contributed by atoms with Crippen LogP contribution in [0, 0.1) is 6.92 Å². The van der Waals surface area contributed by atoms with Crippen molar-refractivity contribution in [1.29, 1.82) is 0 Å². The zero-order valence-electron chi connectivity index (χ0n) is 12.9. The molecule has 1 aromatic heterocycles. The summed E-state index contributed by atoms with van der Waals surface area (Å²) >= 11 is 3.25. The summed E-state index contributed by atoms with van der Waals surface area (Å²) in [6.45, 7) is 1.04. The number of rotatable bonds is 6. The Kier molecular flexibility index (Phi) is 5.76. The Hall–Kier alpha value is -1.74. The summed E-state index contributed by atoms with van der Waals surface area (Å²) in [6, 6.07) is 4.91. The predicted octanol–water partition coefficient (Wildman–Crippen LogP) is 3.83. The maximum Gasteiger partial charge on any atom is 0.272 e. The molecule has 2 aromatic rings. The summed E-state index contributed by atoms with van der Waals surface area (Å²) in [7, 11) is -3.38. The first-order chi connectivity index (χ1) is 11.2. The van der Waals surface area contributed by atoms with E-state index in [0.717, 1.165) is 11.8 Å². The summed E-state index contributed by atoms with van der Waals surface area (Å²) < 4.78 is 55.5. The lowest BCUT2D eigenvalue weighted by atomic mass is 10.0. The van der Waals surface area contributed by atoms with Crippen LogP contribution in [0.15, 0.2) is 35.1 Å². The van der Waals surface area contributed by atoms with E-state index >= 15 is 0 Å². The summed E-state index contributed by atoms with van der Waals surface area (Å²) in [5.74, 6) is 0.261. The van der Waals surface area contributed by atoms with Gasteiger partial charge in [0.15, 0.2) is 0 Å². The molecule has 0 bridgehead atoms. The van der Waals surface area contributed by atoms with Gasteiger partial charge in [0.2, 0.25) is 10.0 Å². The Morgan fingerprint density at radius 3 is 2.58 bits per heavy atom. The maximum atomic E-state index is 12.5. The molecular weight excluding hydrogens is 406 g/mol.